The minimum absolute atomic E-state index is 0. The van der Waals surface area contributed by atoms with Crippen molar-refractivity contribution in [2.24, 2.45) is 9.98 Å². The summed E-state index contributed by atoms with van der Waals surface area (Å²) in [5.41, 5.74) is 10.3. The number of rotatable bonds is 9. The Hall–Kier alpha value is -3.95. The summed E-state index contributed by atoms with van der Waals surface area (Å²) >= 11 is 0. The second-order valence-electron chi connectivity index (χ2n) is 13.0. The molecule has 4 nitrogen and oxygen atoms in total. The molecule has 0 aliphatic rings. The van der Waals surface area contributed by atoms with Crippen LogP contribution in [0, 0.1) is 0 Å². The van der Waals surface area contributed by atoms with Gasteiger partial charge in [0.2, 0.25) is 0 Å². The molecule has 4 aromatic rings. The minimum atomic E-state index is -0.466. The zero-order valence-corrected chi connectivity index (χ0v) is 30.6. The van der Waals surface area contributed by atoms with Crippen molar-refractivity contribution in [1.82, 2.24) is 0 Å². The number of nitrogens with zero attached hydrogens (tertiary/aromatic N) is 2. The molecule has 4 aromatic carbocycles. The molecule has 0 aromatic heterocycles. The second-order valence-corrected chi connectivity index (χ2v) is 13.0. The van der Waals surface area contributed by atoms with Gasteiger partial charge in [-0.15, -0.1) is 11.5 Å². The molecule has 0 N–H and O–H groups in total. The Morgan fingerprint density at radius 2 is 0.681 bits per heavy atom. The van der Waals surface area contributed by atoms with Crippen LogP contribution in [-0.2, 0) is 16.5 Å². The van der Waals surface area contributed by atoms with Crippen molar-refractivity contribution >= 4 is 34.3 Å². The predicted molar refractivity (Wildman–Crippen MR) is 194 cm³/mol. The van der Waals surface area contributed by atoms with Gasteiger partial charge < -0.3 is 10.2 Å². The van der Waals surface area contributed by atoms with E-state index >= 15 is 0 Å². The molecular weight excluding hydrogens is 623 g/mol. The van der Waals surface area contributed by atoms with Crippen molar-refractivity contribution in [2.75, 3.05) is 0 Å². The Bertz CT molecular complexity index is 1490. The van der Waals surface area contributed by atoms with E-state index in [1.165, 1.54) is 22.3 Å². The Morgan fingerprint density at radius 1 is 0.426 bits per heavy atom. The monoisotopic (exact) mass is 672 g/mol. The molecule has 250 valence electrons. The molecule has 0 aliphatic carbocycles. The molecule has 0 saturated heterocycles. The van der Waals surface area contributed by atoms with Crippen LogP contribution < -0.4 is 10.2 Å². The third-order valence-corrected chi connectivity index (χ3v) is 8.05. The zero-order valence-electron chi connectivity index (χ0n) is 29.6. The number of hydrogen-bond donors (Lipinski definition) is 0. The van der Waals surface area contributed by atoms with Crippen LogP contribution in [0.3, 0.4) is 0 Å². The standard InChI is InChI=1S/C28H40N2.C14H12O2.Ni/c1-17(2)23-13-11-14-24(18(3)4)27(23)29-21(9)22(10)30-28-25(19(5)6)15-12-16-26(28)20(7)8;15-13(11-7-3-1-4-8-11)14(16)12-9-5-2-6-10-12;/h11-20H,1-10H3;1-10,15-16H;/q;;+2/p-2/b;14-13-;. The molecule has 47 heavy (non-hydrogen) atoms. The maximum absolute atomic E-state index is 11.8. The number of aliphatic imine (C=N–C) groups is 2. The van der Waals surface area contributed by atoms with Crippen LogP contribution in [0.4, 0.5) is 11.4 Å². The summed E-state index contributed by atoms with van der Waals surface area (Å²) in [7, 11) is 0. The van der Waals surface area contributed by atoms with Gasteiger partial charge in [-0.3, -0.25) is 9.98 Å². The molecule has 0 saturated carbocycles. The number of hydrogen-bond acceptors (Lipinski definition) is 4. The van der Waals surface area contributed by atoms with Crippen molar-refractivity contribution in [2.45, 2.75) is 92.9 Å². The molecule has 0 radical (unpaired) electrons. The van der Waals surface area contributed by atoms with Gasteiger partial charge in [-0.05, 0) is 70.9 Å². The Morgan fingerprint density at radius 3 is 0.915 bits per heavy atom. The van der Waals surface area contributed by atoms with Crippen molar-refractivity contribution in [1.29, 1.82) is 0 Å². The minimum Gasteiger partial charge on any atom is -0.872 e. The fraction of sp³-hybridized carbons (Fsp3) is 0.333. The first kappa shape index (κ1) is 39.2. The summed E-state index contributed by atoms with van der Waals surface area (Å²) in [4.78, 5) is 10.3. The number of benzene rings is 4. The van der Waals surface area contributed by atoms with E-state index < -0.39 is 11.5 Å². The van der Waals surface area contributed by atoms with Crippen LogP contribution in [0.2, 0.25) is 0 Å². The molecule has 0 amide bonds. The first-order valence-corrected chi connectivity index (χ1v) is 16.4. The molecule has 0 fully saturated rings. The van der Waals surface area contributed by atoms with E-state index in [1.54, 1.807) is 48.5 Å². The molecule has 4 rings (SSSR count). The van der Waals surface area contributed by atoms with Crippen molar-refractivity contribution in [3.8, 4) is 0 Å². The summed E-state index contributed by atoms with van der Waals surface area (Å²) in [5, 5.41) is 23.6. The quantitative estimate of drug-likeness (QED) is 0.0768. The largest absolute Gasteiger partial charge is 2.00 e. The van der Waals surface area contributed by atoms with E-state index in [0.29, 0.717) is 34.8 Å². The average molecular weight is 674 g/mol. The van der Waals surface area contributed by atoms with Gasteiger partial charge in [0, 0.05) is 0 Å². The molecule has 0 heterocycles. The van der Waals surface area contributed by atoms with Crippen LogP contribution in [0.15, 0.2) is 107 Å². The molecule has 0 aliphatic heterocycles. The molecule has 0 spiro atoms. The van der Waals surface area contributed by atoms with Gasteiger partial charge in [-0.25, -0.2) is 0 Å². The fourth-order valence-corrected chi connectivity index (χ4v) is 5.22. The molecule has 0 unspecified atom stereocenters. The predicted octanol–water partition coefficient (Wildman–Crippen LogP) is 10.3. The van der Waals surface area contributed by atoms with Gasteiger partial charge in [-0.1, -0.05) is 152 Å². The Balaban J connectivity index is 0.000000380. The van der Waals surface area contributed by atoms with Crippen molar-refractivity contribution in [3.05, 3.63) is 130 Å². The van der Waals surface area contributed by atoms with Gasteiger partial charge in [0.25, 0.3) is 0 Å². The summed E-state index contributed by atoms with van der Waals surface area (Å²) in [6.45, 7) is 22.1. The topological polar surface area (TPSA) is 70.8 Å². The normalized spacial score (nSPS) is 12.6. The molecule has 0 atom stereocenters. The first-order chi connectivity index (χ1) is 21.8. The molecule has 0 bridgehead atoms. The van der Waals surface area contributed by atoms with E-state index in [9.17, 15) is 10.2 Å². The first-order valence-electron chi connectivity index (χ1n) is 16.4. The SMILES string of the molecule is CC(=Nc1c(C(C)C)cccc1C(C)C)C(C)=Nc1c(C(C)C)cccc1C(C)C.[Ni+2].[O-]/C(=C(\[O-])c1ccccc1)c1ccccc1. The van der Waals surface area contributed by atoms with Gasteiger partial charge in [0.1, 0.15) is 0 Å². The van der Waals surface area contributed by atoms with E-state index in [4.69, 9.17) is 9.98 Å². The van der Waals surface area contributed by atoms with E-state index in [2.05, 4.69) is 106 Å². The van der Waals surface area contributed by atoms with Crippen LogP contribution in [0.1, 0.15) is 126 Å². The third kappa shape index (κ3) is 10.5. The van der Waals surface area contributed by atoms with Gasteiger partial charge in [0.05, 0.1) is 22.8 Å². The maximum atomic E-state index is 11.8. The van der Waals surface area contributed by atoms with E-state index in [1.807, 2.05) is 12.1 Å². The van der Waals surface area contributed by atoms with Gasteiger partial charge in [-0.2, -0.15) is 0 Å². The molecular formula is C42H50N2NiO2. The fourth-order valence-electron chi connectivity index (χ4n) is 5.22. The van der Waals surface area contributed by atoms with E-state index in [0.717, 1.165) is 22.8 Å². The summed E-state index contributed by atoms with van der Waals surface area (Å²) < 4.78 is 0. The Kier molecular flexibility index (Phi) is 15.4. The summed E-state index contributed by atoms with van der Waals surface area (Å²) in [6.07, 6.45) is 0. The van der Waals surface area contributed by atoms with Crippen LogP contribution in [0.25, 0.3) is 11.5 Å². The van der Waals surface area contributed by atoms with Crippen molar-refractivity contribution in [3.63, 3.8) is 0 Å². The Labute approximate surface area is 293 Å². The smallest absolute Gasteiger partial charge is 0.872 e. The van der Waals surface area contributed by atoms with Crippen LogP contribution in [0.5, 0.6) is 0 Å². The van der Waals surface area contributed by atoms with Crippen molar-refractivity contribution < 1.29 is 26.7 Å². The maximum Gasteiger partial charge on any atom is 2.00 e. The second kappa shape index (κ2) is 18.4. The third-order valence-electron chi connectivity index (χ3n) is 8.05. The van der Waals surface area contributed by atoms with E-state index in [-0.39, 0.29) is 16.5 Å². The van der Waals surface area contributed by atoms with Gasteiger partial charge in [0.15, 0.2) is 0 Å². The number of para-hydroxylation sites is 2. The van der Waals surface area contributed by atoms with Gasteiger partial charge >= 0.3 is 16.5 Å². The van der Waals surface area contributed by atoms with Crippen LogP contribution >= 0.6 is 0 Å². The molecule has 5 heteroatoms. The summed E-state index contributed by atoms with van der Waals surface area (Å²) in [5.74, 6) is 0.797. The zero-order chi connectivity index (χ0) is 34.0. The summed E-state index contributed by atoms with van der Waals surface area (Å²) in [6, 6.07) is 30.3. The van der Waals surface area contributed by atoms with Crippen LogP contribution in [-0.4, -0.2) is 11.4 Å². The average Bonchev–Trinajstić information content (AvgIpc) is 3.04.